The molecule has 246 valence electrons. The van der Waals surface area contributed by atoms with Crippen LogP contribution < -0.4 is 0 Å². The second-order valence-corrected chi connectivity index (χ2v) is 13.5. The van der Waals surface area contributed by atoms with Crippen LogP contribution in [-0.2, 0) is 19.1 Å². The van der Waals surface area contributed by atoms with E-state index < -0.39 is 41.6 Å². The van der Waals surface area contributed by atoms with Crippen molar-refractivity contribution in [2.45, 2.75) is 121 Å². The Morgan fingerprint density at radius 3 is 2.60 bits per heavy atom. The molecule has 0 aromatic carbocycles. The molecule has 43 heavy (non-hydrogen) atoms. The lowest BCUT2D eigenvalue weighted by atomic mass is 9.89. The fraction of sp³-hybridized carbons (Fsp3) is 0.788. The topological polar surface area (TPSA) is 135 Å². The van der Waals surface area contributed by atoms with Gasteiger partial charge in [-0.05, 0) is 52.7 Å². The number of carbonyl (C=O) groups excluding carboxylic acids is 1. The zero-order chi connectivity index (χ0) is 31.9. The van der Waals surface area contributed by atoms with Gasteiger partial charge in [-0.3, -0.25) is 9.63 Å². The number of carbonyl (C=O) groups is 1. The quantitative estimate of drug-likeness (QED) is 0.127. The second kappa shape index (κ2) is 15.6. The number of allylic oxidation sites excluding steroid dienone is 2. The van der Waals surface area contributed by atoms with Gasteiger partial charge in [-0.2, -0.15) is 5.06 Å². The minimum Gasteiger partial charge on any atom is -0.457 e. The summed E-state index contributed by atoms with van der Waals surface area (Å²) in [6, 6.07) is 0. The number of rotatable bonds is 10. The summed E-state index contributed by atoms with van der Waals surface area (Å²) < 4.78 is 11.6. The van der Waals surface area contributed by atoms with Crippen LogP contribution in [0.15, 0.2) is 36.0 Å². The number of likely N-dealkylation sites (N-methyl/N-ethyl adjacent to an activating group) is 1. The Balaban J connectivity index is 1.73. The van der Waals surface area contributed by atoms with E-state index in [9.17, 15) is 25.2 Å². The number of ether oxygens (including phenoxy) is 2. The van der Waals surface area contributed by atoms with E-state index in [1.165, 1.54) is 0 Å². The first-order chi connectivity index (χ1) is 20.1. The van der Waals surface area contributed by atoms with E-state index in [-0.39, 0.29) is 43.3 Å². The van der Waals surface area contributed by atoms with Crippen LogP contribution in [0.25, 0.3) is 0 Å². The summed E-state index contributed by atoms with van der Waals surface area (Å²) in [6.07, 6.45) is 7.63. The maximum absolute atomic E-state index is 12.8. The van der Waals surface area contributed by atoms with Gasteiger partial charge >= 0.3 is 5.97 Å². The van der Waals surface area contributed by atoms with E-state index >= 15 is 0 Å². The third kappa shape index (κ3) is 11.0. The number of hydroxylamine groups is 2. The maximum atomic E-state index is 12.8. The Hall–Kier alpha value is -1.63. The largest absolute Gasteiger partial charge is 0.457 e. The van der Waals surface area contributed by atoms with Crippen LogP contribution >= 0.6 is 0 Å². The molecule has 0 spiro atoms. The molecule has 0 radical (unpaired) electrons. The average molecular weight is 609 g/mol. The van der Waals surface area contributed by atoms with Crippen molar-refractivity contribution in [3.8, 4) is 0 Å². The van der Waals surface area contributed by atoms with Gasteiger partial charge in [0.15, 0.2) is 0 Å². The lowest BCUT2D eigenvalue weighted by Crippen LogP contribution is -2.50. The van der Waals surface area contributed by atoms with Crippen molar-refractivity contribution in [2.24, 2.45) is 11.8 Å². The molecule has 3 rings (SSSR count). The standard InChI is InChI=1S/C33H56N2O8/c1-8-26(37)24(4)31-27(41-31)21-32(5,39)14-9-10-22(2)30-23(3)11-12-28(43-35-18-16-34(7)17-19-35)33(6,40)15-13-25(36)20-29(38)42-30/h9-12,14,23-28,30-31,36-37,39-40H,8,13,15-21H2,1-7H3/b12-11+,14-9+,22-10+. The number of aliphatic hydroxyl groups excluding tert-OH is 2. The zero-order valence-corrected chi connectivity index (χ0v) is 27.2. The summed E-state index contributed by atoms with van der Waals surface area (Å²) in [4.78, 5) is 21.3. The van der Waals surface area contributed by atoms with Crippen molar-refractivity contribution in [2.75, 3.05) is 33.2 Å². The summed E-state index contributed by atoms with van der Waals surface area (Å²) in [7, 11) is 2.07. The molecule has 3 aliphatic rings. The van der Waals surface area contributed by atoms with E-state index in [1.54, 1.807) is 26.0 Å². The van der Waals surface area contributed by atoms with Crippen LogP contribution in [0.3, 0.4) is 0 Å². The Morgan fingerprint density at radius 2 is 1.95 bits per heavy atom. The molecule has 2 saturated heterocycles. The maximum Gasteiger partial charge on any atom is 0.309 e. The van der Waals surface area contributed by atoms with Crippen molar-refractivity contribution in [1.29, 1.82) is 0 Å². The summed E-state index contributed by atoms with van der Waals surface area (Å²) in [5.74, 6) is -0.754. The van der Waals surface area contributed by atoms with Crippen molar-refractivity contribution in [3.05, 3.63) is 36.0 Å². The second-order valence-electron chi connectivity index (χ2n) is 13.5. The van der Waals surface area contributed by atoms with E-state index in [0.29, 0.717) is 12.8 Å². The van der Waals surface area contributed by atoms with E-state index in [1.807, 2.05) is 51.0 Å². The number of piperazine rings is 1. The van der Waals surface area contributed by atoms with E-state index in [2.05, 4.69) is 11.9 Å². The van der Waals surface area contributed by atoms with Gasteiger partial charge < -0.3 is 34.8 Å². The van der Waals surface area contributed by atoms with Crippen LogP contribution in [0, 0.1) is 11.8 Å². The molecular formula is C33H56N2O8. The predicted molar refractivity (Wildman–Crippen MR) is 165 cm³/mol. The molecule has 3 aliphatic heterocycles. The van der Waals surface area contributed by atoms with Crippen LogP contribution in [-0.4, -0.2) is 117 Å². The van der Waals surface area contributed by atoms with Gasteiger partial charge in [-0.1, -0.05) is 51.2 Å². The first-order valence-electron chi connectivity index (χ1n) is 15.9. The van der Waals surface area contributed by atoms with Gasteiger partial charge in [0.1, 0.15) is 12.2 Å². The fourth-order valence-corrected chi connectivity index (χ4v) is 5.84. The van der Waals surface area contributed by atoms with Gasteiger partial charge in [-0.15, -0.1) is 0 Å². The number of epoxide rings is 1. The Morgan fingerprint density at radius 1 is 1.28 bits per heavy atom. The molecule has 0 bridgehead atoms. The van der Waals surface area contributed by atoms with E-state index in [0.717, 1.165) is 31.8 Å². The summed E-state index contributed by atoms with van der Waals surface area (Å²) in [6.45, 7) is 14.3. The van der Waals surface area contributed by atoms with Crippen molar-refractivity contribution in [1.82, 2.24) is 9.96 Å². The van der Waals surface area contributed by atoms with Crippen LogP contribution in [0.5, 0.6) is 0 Å². The average Bonchev–Trinajstić information content (AvgIpc) is 3.70. The molecule has 10 heteroatoms. The third-order valence-electron chi connectivity index (χ3n) is 9.09. The Bertz CT molecular complexity index is 987. The minimum absolute atomic E-state index is 0.0102. The normalized spacial score (nSPS) is 37.6. The van der Waals surface area contributed by atoms with Gasteiger partial charge in [0.2, 0.25) is 0 Å². The molecule has 2 fully saturated rings. The lowest BCUT2D eigenvalue weighted by molar-refractivity contribution is -0.239. The van der Waals surface area contributed by atoms with Crippen molar-refractivity contribution >= 4 is 5.97 Å². The Kier molecular flexibility index (Phi) is 13.0. The molecule has 10 unspecified atom stereocenters. The number of aliphatic hydroxyl groups is 4. The summed E-state index contributed by atoms with van der Waals surface area (Å²) in [5.41, 5.74) is -1.60. The number of esters is 1. The van der Waals surface area contributed by atoms with Gasteiger partial charge in [-0.25, -0.2) is 0 Å². The number of hydrogen-bond acceptors (Lipinski definition) is 10. The highest BCUT2D eigenvalue weighted by Gasteiger charge is 2.47. The van der Waals surface area contributed by atoms with Gasteiger partial charge in [0, 0.05) is 44.4 Å². The predicted octanol–water partition coefficient (Wildman–Crippen LogP) is 2.75. The van der Waals surface area contributed by atoms with Gasteiger partial charge in [0.25, 0.3) is 0 Å². The molecule has 3 heterocycles. The minimum atomic E-state index is -1.25. The van der Waals surface area contributed by atoms with Crippen LogP contribution in [0.4, 0.5) is 0 Å². The molecule has 10 nitrogen and oxygen atoms in total. The molecule has 0 amide bonds. The molecule has 0 aromatic rings. The monoisotopic (exact) mass is 608 g/mol. The van der Waals surface area contributed by atoms with Gasteiger partial charge in [0.05, 0.1) is 42.0 Å². The van der Waals surface area contributed by atoms with Crippen LogP contribution in [0.2, 0.25) is 0 Å². The highest BCUT2D eigenvalue weighted by molar-refractivity contribution is 5.70. The zero-order valence-electron chi connectivity index (χ0n) is 27.2. The van der Waals surface area contributed by atoms with Crippen molar-refractivity contribution in [3.63, 3.8) is 0 Å². The highest BCUT2D eigenvalue weighted by Crippen LogP contribution is 2.37. The van der Waals surface area contributed by atoms with E-state index in [4.69, 9.17) is 14.3 Å². The highest BCUT2D eigenvalue weighted by atomic mass is 16.7. The summed E-state index contributed by atoms with van der Waals surface area (Å²) >= 11 is 0. The molecule has 0 aliphatic carbocycles. The molecule has 0 aromatic heterocycles. The molecule has 4 N–H and O–H groups in total. The van der Waals surface area contributed by atoms with Crippen LogP contribution in [0.1, 0.15) is 73.6 Å². The molecule has 0 saturated carbocycles. The van der Waals surface area contributed by atoms with Crippen molar-refractivity contribution < 1.29 is 39.5 Å². The fourth-order valence-electron chi connectivity index (χ4n) is 5.84. The molecular weight excluding hydrogens is 552 g/mol. The molecule has 10 atom stereocenters. The number of hydrogen-bond donors (Lipinski definition) is 4. The lowest BCUT2D eigenvalue weighted by Gasteiger charge is -2.38. The SMILES string of the molecule is CCC(O)C(C)C1OC1CC(C)(O)/C=C/C=C(\C)C1OC(=O)CC(O)CCC(C)(O)C(ON2CCN(C)CC2)/C=C/C1C. The summed E-state index contributed by atoms with van der Waals surface area (Å²) in [5, 5.41) is 44.9. The smallest absolute Gasteiger partial charge is 0.309 e. The Labute approximate surface area is 257 Å². The first kappa shape index (κ1) is 35.8. The number of cyclic esters (lactones) is 1. The number of nitrogens with zero attached hydrogens (tertiary/aromatic N) is 2. The first-order valence-corrected chi connectivity index (χ1v) is 15.9. The third-order valence-corrected chi connectivity index (χ3v) is 9.09.